The highest BCUT2D eigenvalue weighted by Gasteiger charge is 2.62. The van der Waals surface area contributed by atoms with Crippen molar-refractivity contribution >= 4 is 7.12 Å². The first-order valence-corrected chi connectivity index (χ1v) is 5.76. The lowest BCUT2D eigenvalue weighted by Crippen LogP contribution is -2.41. The molecule has 1 aliphatic carbocycles. The van der Waals surface area contributed by atoms with E-state index in [1.165, 1.54) is 0 Å². The number of aliphatic hydroxyl groups excluding tert-OH is 1. The highest BCUT2D eigenvalue weighted by molar-refractivity contribution is 6.49. The van der Waals surface area contributed by atoms with Gasteiger partial charge >= 0.3 is 7.12 Å². The van der Waals surface area contributed by atoms with Crippen molar-refractivity contribution < 1.29 is 14.4 Å². The number of aliphatic hydroxyl groups is 1. The summed E-state index contributed by atoms with van der Waals surface area (Å²) >= 11 is 0. The summed E-state index contributed by atoms with van der Waals surface area (Å²) in [6.45, 7) is 10.6. The molecule has 0 aromatic rings. The molecule has 2 aliphatic rings. The monoisotopic (exact) mass is 212 g/mol. The normalized spacial score (nSPS) is 42.0. The van der Waals surface area contributed by atoms with E-state index in [0.717, 1.165) is 0 Å². The van der Waals surface area contributed by atoms with Gasteiger partial charge in [-0.1, -0.05) is 6.92 Å². The Morgan fingerprint density at radius 3 is 1.93 bits per heavy atom. The van der Waals surface area contributed by atoms with Gasteiger partial charge in [0.1, 0.15) is 0 Å². The predicted molar refractivity (Wildman–Crippen MR) is 59.6 cm³/mol. The fourth-order valence-corrected chi connectivity index (χ4v) is 2.36. The van der Waals surface area contributed by atoms with E-state index < -0.39 is 0 Å². The molecule has 1 aliphatic heterocycles. The van der Waals surface area contributed by atoms with Crippen molar-refractivity contribution in [3.8, 4) is 0 Å². The molecule has 0 bridgehead atoms. The first kappa shape index (κ1) is 11.4. The zero-order valence-electron chi connectivity index (χ0n) is 10.3. The lowest BCUT2D eigenvalue weighted by molar-refractivity contribution is 0.00578. The highest BCUT2D eigenvalue weighted by Crippen LogP contribution is 2.57. The SMILES string of the molecule is C[C@@H]1[C@H](CO)[C@H]1B1OC(C)(C)C(C)(C)O1. The van der Waals surface area contributed by atoms with Crippen molar-refractivity contribution in [1.82, 2.24) is 0 Å². The van der Waals surface area contributed by atoms with Crippen molar-refractivity contribution in [1.29, 1.82) is 0 Å². The van der Waals surface area contributed by atoms with Crippen molar-refractivity contribution in [3.05, 3.63) is 0 Å². The van der Waals surface area contributed by atoms with E-state index in [9.17, 15) is 0 Å². The van der Waals surface area contributed by atoms with E-state index in [1.807, 2.05) is 0 Å². The molecular weight excluding hydrogens is 191 g/mol. The molecule has 0 aromatic carbocycles. The molecule has 0 radical (unpaired) electrons. The molecule has 1 saturated carbocycles. The van der Waals surface area contributed by atoms with Gasteiger partial charge in [-0.2, -0.15) is 0 Å². The van der Waals surface area contributed by atoms with Crippen molar-refractivity contribution in [2.45, 2.75) is 51.6 Å². The van der Waals surface area contributed by atoms with Gasteiger partial charge in [0.15, 0.2) is 0 Å². The number of hydrogen-bond acceptors (Lipinski definition) is 3. The summed E-state index contributed by atoms with van der Waals surface area (Å²) in [4.78, 5) is 0. The van der Waals surface area contributed by atoms with E-state index in [-0.39, 0.29) is 24.9 Å². The molecule has 0 aromatic heterocycles. The van der Waals surface area contributed by atoms with Crippen LogP contribution in [-0.4, -0.2) is 30.0 Å². The summed E-state index contributed by atoms with van der Waals surface area (Å²) < 4.78 is 11.9. The summed E-state index contributed by atoms with van der Waals surface area (Å²) in [5.41, 5.74) is -0.500. The molecule has 15 heavy (non-hydrogen) atoms. The largest absolute Gasteiger partial charge is 0.461 e. The van der Waals surface area contributed by atoms with E-state index in [4.69, 9.17) is 14.4 Å². The maximum Gasteiger partial charge on any atom is 0.461 e. The van der Waals surface area contributed by atoms with Crippen LogP contribution in [0.15, 0.2) is 0 Å². The summed E-state index contributed by atoms with van der Waals surface area (Å²) in [7, 11) is -0.137. The molecule has 3 atom stereocenters. The molecular formula is C11H21BO3. The Balaban J connectivity index is 2.05. The van der Waals surface area contributed by atoms with Gasteiger partial charge in [-0.3, -0.25) is 0 Å². The molecule has 0 amide bonds. The average molecular weight is 212 g/mol. The predicted octanol–water partition coefficient (Wildman–Crippen LogP) is 1.71. The lowest BCUT2D eigenvalue weighted by Gasteiger charge is -2.32. The van der Waals surface area contributed by atoms with Crippen LogP contribution in [0, 0.1) is 11.8 Å². The molecule has 0 spiro atoms. The van der Waals surface area contributed by atoms with E-state index in [2.05, 4.69) is 34.6 Å². The smallest absolute Gasteiger partial charge is 0.403 e. The van der Waals surface area contributed by atoms with E-state index in [0.29, 0.717) is 17.7 Å². The Kier molecular flexibility index (Phi) is 2.45. The lowest BCUT2D eigenvalue weighted by atomic mass is 9.79. The zero-order valence-corrected chi connectivity index (χ0v) is 10.3. The number of hydrogen-bond donors (Lipinski definition) is 1. The topological polar surface area (TPSA) is 38.7 Å². The van der Waals surface area contributed by atoms with Crippen LogP contribution in [-0.2, 0) is 9.31 Å². The van der Waals surface area contributed by atoms with Gasteiger partial charge in [0.25, 0.3) is 0 Å². The maximum absolute atomic E-state index is 9.16. The fraction of sp³-hybridized carbons (Fsp3) is 1.00. The second-order valence-electron chi connectivity index (χ2n) is 5.91. The van der Waals surface area contributed by atoms with Gasteiger partial charge in [-0.15, -0.1) is 0 Å². The molecule has 3 nitrogen and oxygen atoms in total. The van der Waals surface area contributed by atoms with Gasteiger partial charge < -0.3 is 14.4 Å². The Morgan fingerprint density at radius 1 is 1.13 bits per heavy atom. The van der Waals surface area contributed by atoms with E-state index in [1.54, 1.807) is 0 Å². The quantitative estimate of drug-likeness (QED) is 0.708. The Morgan fingerprint density at radius 2 is 1.60 bits per heavy atom. The van der Waals surface area contributed by atoms with Gasteiger partial charge in [-0.25, -0.2) is 0 Å². The highest BCUT2D eigenvalue weighted by atomic mass is 16.7. The van der Waals surface area contributed by atoms with E-state index >= 15 is 0 Å². The van der Waals surface area contributed by atoms with Crippen molar-refractivity contribution in [2.24, 2.45) is 11.8 Å². The second kappa shape index (κ2) is 3.22. The van der Waals surface area contributed by atoms with Crippen LogP contribution in [0.4, 0.5) is 0 Å². The molecule has 2 rings (SSSR count). The van der Waals surface area contributed by atoms with Crippen LogP contribution < -0.4 is 0 Å². The molecule has 1 saturated heterocycles. The van der Waals surface area contributed by atoms with Crippen LogP contribution in [0.25, 0.3) is 0 Å². The van der Waals surface area contributed by atoms with Gasteiger partial charge in [0.05, 0.1) is 11.2 Å². The molecule has 4 heteroatoms. The first-order valence-electron chi connectivity index (χ1n) is 5.76. The minimum absolute atomic E-state index is 0.137. The van der Waals surface area contributed by atoms with Gasteiger partial charge in [0, 0.05) is 12.4 Å². The summed E-state index contributed by atoms with van der Waals surface area (Å²) in [6.07, 6.45) is 0. The fourth-order valence-electron chi connectivity index (χ4n) is 2.36. The molecule has 1 N–H and O–H groups in total. The third kappa shape index (κ3) is 1.63. The molecule has 0 unspecified atom stereocenters. The minimum Gasteiger partial charge on any atom is -0.403 e. The molecule has 2 fully saturated rings. The minimum atomic E-state index is -0.250. The average Bonchev–Trinajstić information content (AvgIpc) is 2.67. The summed E-state index contributed by atoms with van der Waals surface area (Å²) in [5, 5.41) is 9.16. The van der Waals surface area contributed by atoms with Gasteiger partial charge in [0.2, 0.25) is 0 Å². The molecule has 1 heterocycles. The van der Waals surface area contributed by atoms with Crippen LogP contribution in [0.2, 0.25) is 5.82 Å². The standard InChI is InChI=1S/C11H21BO3/c1-7-8(6-13)9(7)12-14-10(2,3)11(4,5)15-12/h7-9,13H,6H2,1-5H3/t7-,8+,9+/m1/s1. The van der Waals surface area contributed by atoms with Crippen molar-refractivity contribution in [2.75, 3.05) is 6.61 Å². The zero-order chi connectivity index (χ0) is 11.4. The van der Waals surface area contributed by atoms with Crippen molar-refractivity contribution in [3.63, 3.8) is 0 Å². The van der Waals surface area contributed by atoms with Gasteiger partial charge in [-0.05, 0) is 39.5 Å². The van der Waals surface area contributed by atoms with Crippen LogP contribution >= 0.6 is 0 Å². The molecule has 86 valence electrons. The summed E-state index contributed by atoms with van der Waals surface area (Å²) in [5.74, 6) is 1.25. The third-order valence-electron chi connectivity index (χ3n) is 4.43. The number of rotatable bonds is 2. The van der Waals surface area contributed by atoms with Crippen LogP contribution in [0.1, 0.15) is 34.6 Å². The van der Waals surface area contributed by atoms with Crippen LogP contribution in [0.3, 0.4) is 0 Å². The third-order valence-corrected chi connectivity index (χ3v) is 4.43. The Hall–Kier alpha value is -0.0551. The van der Waals surface area contributed by atoms with Crippen LogP contribution in [0.5, 0.6) is 0 Å². The second-order valence-corrected chi connectivity index (χ2v) is 5.91. The maximum atomic E-state index is 9.16. The first-order chi connectivity index (χ1) is 6.80. The Bertz CT molecular complexity index is 249. The summed E-state index contributed by atoms with van der Waals surface area (Å²) in [6, 6.07) is 0. The Labute approximate surface area is 92.3 Å².